The third kappa shape index (κ3) is 2.09. The molecule has 1 rings (SSSR count). The maximum absolute atomic E-state index is 10.0. The van der Waals surface area contributed by atoms with Crippen LogP contribution in [0.2, 0.25) is 0 Å². The van der Waals surface area contributed by atoms with E-state index in [9.17, 15) is 4.79 Å². The van der Waals surface area contributed by atoms with Gasteiger partial charge in [-0.15, -0.1) is 0 Å². The lowest BCUT2D eigenvalue weighted by atomic mass is 10.3. The molecule has 2 N–H and O–H groups in total. The van der Waals surface area contributed by atoms with Crippen molar-refractivity contribution in [3.63, 3.8) is 0 Å². The van der Waals surface area contributed by atoms with E-state index in [0.29, 0.717) is 19.7 Å². The molecule has 9 heavy (non-hydrogen) atoms. The second-order valence-electron chi connectivity index (χ2n) is 1.82. The molecule has 0 saturated carbocycles. The lowest BCUT2D eigenvalue weighted by Crippen LogP contribution is -2.36. The maximum atomic E-state index is 10.0. The van der Waals surface area contributed by atoms with Crippen molar-refractivity contribution in [2.24, 2.45) is 0 Å². The quantitative estimate of drug-likeness (QED) is 0.456. The van der Waals surface area contributed by atoms with Gasteiger partial charge in [-0.1, -0.05) is 0 Å². The van der Waals surface area contributed by atoms with Gasteiger partial charge in [-0.3, -0.25) is 4.79 Å². The van der Waals surface area contributed by atoms with Gasteiger partial charge < -0.3 is 10.2 Å². The summed E-state index contributed by atoms with van der Waals surface area (Å²) in [7, 11) is 0. The third-order valence-electron chi connectivity index (χ3n) is 1.13. The van der Waals surface area contributed by atoms with Crippen molar-refractivity contribution in [3.8, 4) is 0 Å². The first-order chi connectivity index (χ1) is 4.43. The number of hydrogen-bond acceptors (Lipinski definition) is 4. The van der Waals surface area contributed by atoms with Gasteiger partial charge in [0, 0.05) is 13.1 Å². The highest BCUT2D eigenvalue weighted by atomic mass is 16.6. The average molecular weight is 129 g/mol. The van der Waals surface area contributed by atoms with Crippen LogP contribution in [0.1, 0.15) is 0 Å². The fourth-order valence-electron chi connectivity index (χ4n) is 0.654. The Morgan fingerprint density at radius 3 is 3.33 bits per heavy atom. The molecule has 1 fully saturated rings. The van der Waals surface area contributed by atoms with Crippen LogP contribution in [0, 0.1) is 0 Å². The highest BCUT2D eigenvalue weighted by Gasteiger charge is 2.09. The monoisotopic (exact) mass is 129 g/mol. The van der Waals surface area contributed by atoms with Crippen LogP contribution < -0.4 is 10.8 Å². The summed E-state index contributed by atoms with van der Waals surface area (Å²) in [5.74, 6) is 0. The Morgan fingerprint density at radius 1 is 1.67 bits per heavy atom. The van der Waals surface area contributed by atoms with Crippen LogP contribution in [-0.2, 0) is 9.63 Å². The Hall–Kier alpha value is -0.450. The van der Waals surface area contributed by atoms with E-state index in [-0.39, 0.29) is 6.04 Å². The van der Waals surface area contributed by atoms with E-state index < -0.39 is 0 Å². The summed E-state index contributed by atoms with van der Waals surface area (Å²) in [6.45, 7) is 1.80. The van der Waals surface area contributed by atoms with Crippen molar-refractivity contribution < 1.29 is 9.63 Å². The van der Waals surface area contributed by atoms with Crippen molar-refractivity contribution in [2.45, 2.75) is 6.04 Å². The number of hydrogen-bond donors (Lipinski definition) is 2. The van der Waals surface area contributed by atoms with E-state index in [1.54, 1.807) is 0 Å². The van der Waals surface area contributed by atoms with Gasteiger partial charge in [0.1, 0.15) is 0 Å². The van der Waals surface area contributed by atoms with Crippen molar-refractivity contribution in [3.05, 3.63) is 0 Å². The Morgan fingerprint density at radius 2 is 2.56 bits per heavy atom. The number of nitrogens with one attached hydrogen (secondary N) is 2. The minimum Gasteiger partial charge on any atom is -0.304 e. The SMILES string of the molecule is O=[C]C1CNOCCN1. The van der Waals surface area contributed by atoms with E-state index in [1.807, 2.05) is 6.29 Å². The highest BCUT2D eigenvalue weighted by molar-refractivity contribution is 5.58. The fourth-order valence-corrected chi connectivity index (χ4v) is 0.654. The van der Waals surface area contributed by atoms with E-state index in [1.165, 1.54) is 0 Å². The molecule has 0 spiro atoms. The molecular weight excluding hydrogens is 120 g/mol. The predicted molar refractivity (Wildman–Crippen MR) is 31.4 cm³/mol. The summed E-state index contributed by atoms with van der Waals surface area (Å²) in [6, 6.07) is -0.215. The van der Waals surface area contributed by atoms with Gasteiger partial charge in [-0.05, 0) is 0 Å². The van der Waals surface area contributed by atoms with Crippen molar-refractivity contribution in [1.29, 1.82) is 0 Å². The first kappa shape index (κ1) is 6.67. The lowest BCUT2D eigenvalue weighted by Gasteiger charge is -2.02. The molecule has 1 saturated heterocycles. The molecule has 1 aliphatic heterocycles. The second-order valence-corrected chi connectivity index (χ2v) is 1.82. The molecule has 4 nitrogen and oxygen atoms in total. The summed E-state index contributed by atoms with van der Waals surface area (Å²) in [5, 5.41) is 2.92. The molecule has 1 radical (unpaired) electrons. The summed E-state index contributed by atoms with van der Waals surface area (Å²) in [4.78, 5) is 14.9. The molecule has 0 aliphatic carbocycles. The Balaban J connectivity index is 2.26. The molecule has 0 aromatic carbocycles. The van der Waals surface area contributed by atoms with Gasteiger partial charge in [0.05, 0.1) is 12.6 Å². The van der Waals surface area contributed by atoms with Crippen molar-refractivity contribution in [1.82, 2.24) is 10.8 Å². The molecule has 0 aromatic heterocycles. The van der Waals surface area contributed by atoms with Crippen LogP contribution in [0.4, 0.5) is 0 Å². The topological polar surface area (TPSA) is 50.4 Å². The first-order valence-electron chi connectivity index (χ1n) is 2.89. The fraction of sp³-hybridized carbons (Fsp3) is 0.800. The van der Waals surface area contributed by atoms with Gasteiger partial charge in [0.2, 0.25) is 6.29 Å². The molecular formula is C5H9N2O2. The second kappa shape index (κ2) is 3.55. The van der Waals surface area contributed by atoms with Gasteiger partial charge >= 0.3 is 0 Å². The first-order valence-corrected chi connectivity index (χ1v) is 2.89. The number of carbonyl (C=O) groups excluding carboxylic acids is 1. The molecule has 0 amide bonds. The molecule has 0 bridgehead atoms. The average Bonchev–Trinajstić information content (AvgIpc) is 2.13. The van der Waals surface area contributed by atoms with Crippen LogP contribution in [0.5, 0.6) is 0 Å². The van der Waals surface area contributed by atoms with Gasteiger partial charge in [0.25, 0.3) is 0 Å². The molecule has 0 aromatic rings. The van der Waals surface area contributed by atoms with E-state index >= 15 is 0 Å². The van der Waals surface area contributed by atoms with Crippen LogP contribution in [-0.4, -0.2) is 32.0 Å². The molecule has 1 aliphatic rings. The minimum atomic E-state index is -0.215. The van der Waals surface area contributed by atoms with Crippen LogP contribution in [0.3, 0.4) is 0 Å². The standard InChI is InChI=1S/C5H9N2O2/c8-4-5-3-7-9-2-1-6-5/h5-7H,1-3H2. The predicted octanol–water partition coefficient (Wildman–Crippen LogP) is -1.41. The smallest absolute Gasteiger partial charge is 0.218 e. The number of rotatable bonds is 1. The van der Waals surface area contributed by atoms with Gasteiger partial charge in [0.15, 0.2) is 0 Å². The maximum Gasteiger partial charge on any atom is 0.218 e. The Bertz CT molecular complexity index is 89.0. The molecule has 1 heterocycles. The van der Waals surface area contributed by atoms with E-state index in [0.717, 1.165) is 0 Å². The largest absolute Gasteiger partial charge is 0.304 e. The van der Waals surface area contributed by atoms with E-state index in [2.05, 4.69) is 10.8 Å². The summed E-state index contributed by atoms with van der Waals surface area (Å²) in [6.07, 6.45) is 1.84. The van der Waals surface area contributed by atoms with Crippen LogP contribution in [0.15, 0.2) is 0 Å². The zero-order valence-corrected chi connectivity index (χ0v) is 5.02. The van der Waals surface area contributed by atoms with E-state index in [4.69, 9.17) is 4.84 Å². The minimum absolute atomic E-state index is 0.215. The zero-order valence-electron chi connectivity index (χ0n) is 5.02. The van der Waals surface area contributed by atoms with Crippen molar-refractivity contribution >= 4 is 6.29 Å². The number of hydroxylamine groups is 1. The van der Waals surface area contributed by atoms with Gasteiger partial charge in [-0.2, -0.15) is 0 Å². The zero-order chi connectivity index (χ0) is 6.53. The molecule has 4 heteroatoms. The normalized spacial score (nSPS) is 29.1. The Labute approximate surface area is 53.5 Å². The van der Waals surface area contributed by atoms with Crippen LogP contribution >= 0.6 is 0 Å². The Kier molecular flexibility index (Phi) is 2.63. The lowest BCUT2D eigenvalue weighted by molar-refractivity contribution is 0.0575. The summed E-state index contributed by atoms with van der Waals surface area (Å²) in [5.41, 5.74) is 2.62. The summed E-state index contributed by atoms with van der Waals surface area (Å²) >= 11 is 0. The molecule has 1 atom stereocenters. The molecule has 1 unspecified atom stereocenters. The van der Waals surface area contributed by atoms with Crippen LogP contribution in [0.25, 0.3) is 0 Å². The van der Waals surface area contributed by atoms with Gasteiger partial charge in [-0.25, -0.2) is 5.48 Å². The van der Waals surface area contributed by atoms with Crippen molar-refractivity contribution in [2.75, 3.05) is 19.7 Å². The summed E-state index contributed by atoms with van der Waals surface area (Å²) < 4.78 is 0. The highest BCUT2D eigenvalue weighted by Crippen LogP contribution is 1.80. The molecule has 51 valence electrons. The third-order valence-corrected chi connectivity index (χ3v) is 1.13.